The Morgan fingerprint density at radius 2 is 1.88 bits per heavy atom. The quantitative estimate of drug-likeness (QED) is 0.568. The van der Waals surface area contributed by atoms with Crippen LogP contribution < -0.4 is 10.6 Å². The number of halogens is 4. The van der Waals surface area contributed by atoms with Crippen LogP contribution in [0.3, 0.4) is 0 Å². The molecular formula is C15H14Cl2F2N4O. The monoisotopic (exact) mass is 374 g/mol. The van der Waals surface area contributed by atoms with Crippen molar-refractivity contribution in [3.8, 4) is 0 Å². The van der Waals surface area contributed by atoms with Crippen molar-refractivity contribution in [2.24, 2.45) is 0 Å². The normalized spacial score (nSPS) is 10.7. The van der Waals surface area contributed by atoms with Crippen LogP contribution in [-0.2, 0) is 0 Å². The summed E-state index contributed by atoms with van der Waals surface area (Å²) < 4.78 is 24.9. The van der Waals surface area contributed by atoms with Gasteiger partial charge < -0.3 is 10.6 Å². The molecule has 0 saturated heterocycles. The lowest BCUT2D eigenvalue weighted by atomic mass is 10.1. The molecular weight excluding hydrogens is 361 g/mol. The molecule has 0 unspecified atom stereocenters. The number of carbonyl (C=O) groups is 1. The van der Waals surface area contributed by atoms with Gasteiger partial charge in [0.2, 0.25) is 5.95 Å². The zero-order valence-electron chi connectivity index (χ0n) is 12.4. The van der Waals surface area contributed by atoms with Gasteiger partial charge in [0.1, 0.15) is 0 Å². The molecule has 2 rings (SSSR count). The Morgan fingerprint density at radius 3 is 2.50 bits per heavy atom. The summed E-state index contributed by atoms with van der Waals surface area (Å²) in [5.41, 5.74) is 0.220. The molecule has 0 fully saturated rings. The summed E-state index contributed by atoms with van der Waals surface area (Å²) in [5.74, 6) is 0.0277. The Balaban J connectivity index is 1.71. The van der Waals surface area contributed by atoms with Crippen molar-refractivity contribution in [2.45, 2.75) is 12.8 Å². The predicted molar refractivity (Wildman–Crippen MR) is 88.9 cm³/mol. The van der Waals surface area contributed by atoms with E-state index in [2.05, 4.69) is 20.6 Å². The van der Waals surface area contributed by atoms with Crippen molar-refractivity contribution in [3.63, 3.8) is 0 Å². The highest BCUT2D eigenvalue weighted by Crippen LogP contribution is 2.19. The van der Waals surface area contributed by atoms with Crippen molar-refractivity contribution in [3.05, 3.63) is 51.8 Å². The van der Waals surface area contributed by atoms with E-state index in [1.807, 2.05) is 0 Å². The number of aromatic nitrogens is 2. The van der Waals surface area contributed by atoms with Crippen LogP contribution >= 0.6 is 23.2 Å². The number of hydrogen-bond donors (Lipinski definition) is 2. The van der Waals surface area contributed by atoms with Crippen LogP contribution in [-0.4, -0.2) is 29.0 Å². The van der Waals surface area contributed by atoms with Crippen LogP contribution in [0, 0.1) is 0 Å². The van der Waals surface area contributed by atoms with Crippen LogP contribution in [0.2, 0.25) is 10.2 Å². The molecule has 1 heterocycles. The van der Waals surface area contributed by atoms with E-state index in [1.54, 1.807) is 0 Å². The Bertz CT molecular complexity index is 698. The molecule has 0 aliphatic carbocycles. The molecule has 9 heteroatoms. The molecule has 1 aromatic heterocycles. The lowest BCUT2D eigenvalue weighted by Crippen LogP contribution is -2.25. The first kappa shape index (κ1) is 18.4. The topological polar surface area (TPSA) is 66.9 Å². The number of hydrogen-bond acceptors (Lipinski definition) is 4. The number of rotatable bonds is 7. The van der Waals surface area contributed by atoms with E-state index in [0.717, 1.165) is 0 Å². The van der Waals surface area contributed by atoms with Crippen LogP contribution in [0.4, 0.5) is 14.7 Å². The van der Waals surface area contributed by atoms with E-state index >= 15 is 0 Å². The van der Waals surface area contributed by atoms with Gasteiger partial charge in [-0.1, -0.05) is 35.3 Å². The molecule has 2 aromatic rings. The number of alkyl halides is 2. The van der Waals surface area contributed by atoms with E-state index in [9.17, 15) is 13.6 Å². The summed E-state index contributed by atoms with van der Waals surface area (Å²) >= 11 is 11.5. The molecule has 0 spiro atoms. The average Bonchev–Trinajstić information content (AvgIpc) is 2.57. The lowest BCUT2D eigenvalue weighted by Gasteiger charge is -2.07. The second-order valence-electron chi connectivity index (χ2n) is 4.79. The number of amides is 1. The Hall–Kier alpha value is -1.99. The number of nitrogens with one attached hydrogen (secondary N) is 2. The molecule has 1 amide bonds. The summed E-state index contributed by atoms with van der Waals surface area (Å²) in [6, 6.07) is 5.22. The third-order valence-electron chi connectivity index (χ3n) is 3.05. The standard InChI is InChI=1S/C15H14Cl2F2N4O/c16-11-8-22-15(23-12(11)17)21-7-1-6-20-14(24)10-4-2-9(3-5-10)13(18)19/h2-5,8,13H,1,6-7H2,(H,20,24)(H,21,22,23). The maximum Gasteiger partial charge on any atom is 0.263 e. The molecule has 24 heavy (non-hydrogen) atoms. The van der Waals surface area contributed by atoms with Gasteiger partial charge in [-0.05, 0) is 18.6 Å². The summed E-state index contributed by atoms with van der Waals surface area (Å²) in [6.45, 7) is 0.923. The zero-order chi connectivity index (χ0) is 17.5. The van der Waals surface area contributed by atoms with Crippen LogP contribution in [0.1, 0.15) is 28.8 Å². The number of anilines is 1. The third-order valence-corrected chi connectivity index (χ3v) is 3.71. The molecule has 0 atom stereocenters. The van der Waals surface area contributed by atoms with E-state index in [0.29, 0.717) is 31.0 Å². The van der Waals surface area contributed by atoms with Gasteiger partial charge in [-0.15, -0.1) is 0 Å². The van der Waals surface area contributed by atoms with Gasteiger partial charge in [0.25, 0.3) is 12.3 Å². The van der Waals surface area contributed by atoms with Gasteiger partial charge in [-0.2, -0.15) is 4.98 Å². The van der Waals surface area contributed by atoms with Crippen molar-refractivity contribution >= 4 is 35.1 Å². The fourth-order valence-corrected chi connectivity index (χ4v) is 2.02. The first-order valence-corrected chi connectivity index (χ1v) is 7.81. The molecule has 0 bridgehead atoms. The maximum absolute atomic E-state index is 12.4. The molecule has 5 nitrogen and oxygen atoms in total. The zero-order valence-corrected chi connectivity index (χ0v) is 13.9. The third kappa shape index (κ3) is 5.28. The smallest absolute Gasteiger partial charge is 0.263 e. The predicted octanol–water partition coefficient (Wildman–Crippen LogP) is 3.95. The summed E-state index contributed by atoms with van der Waals surface area (Å²) in [6.07, 6.45) is -0.536. The van der Waals surface area contributed by atoms with Gasteiger partial charge in [0.05, 0.1) is 11.2 Å². The van der Waals surface area contributed by atoms with E-state index in [1.165, 1.54) is 30.5 Å². The number of carbonyl (C=O) groups excluding carboxylic acids is 1. The lowest BCUT2D eigenvalue weighted by molar-refractivity contribution is 0.0953. The second-order valence-corrected chi connectivity index (χ2v) is 5.56. The molecule has 0 aliphatic heterocycles. The minimum Gasteiger partial charge on any atom is -0.354 e. The fraction of sp³-hybridized carbons (Fsp3) is 0.267. The summed E-state index contributed by atoms with van der Waals surface area (Å²) in [4.78, 5) is 19.8. The highest BCUT2D eigenvalue weighted by molar-refractivity contribution is 6.41. The Morgan fingerprint density at radius 1 is 1.17 bits per heavy atom. The summed E-state index contributed by atoms with van der Waals surface area (Å²) in [7, 11) is 0. The van der Waals surface area contributed by atoms with Crippen molar-refractivity contribution in [1.82, 2.24) is 15.3 Å². The minimum atomic E-state index is -2.54. The SMILES string of the molecule is O=C(NCCCNc1ncc(Cl)c(Cl)n1)c1ccc(C(F)F)cc1. The number of nitrogens with zero attached hydrogens (tertiary/aromatic N) is 2. The Labute approximate surface area is 147 Å². The van der Waals surface area contributed by atoms with Gasteiger partial charge in [0.15, 0.2) is 5.15 Å². The molecule has 128 valence electrons. The summed E-state index contributed by atoms with van der Waals surface area (Å²) in [5, 5.41) is 6.08. The minimum absolute atomic E-state index is 0.114. The van der Waals surface area contributed by atoms with Gasteiger partial charge in [-0.25, -0.2) is 13.8 Å². The van der Waals surface area contributed by atoms with Crippen molar-refractivity contribution in [1.29, 1.82) is 0 Å². The molecule has 1 aromatic carbocycles. The molecule has 2 N–H and O–H groups in total. The van der Waals surface area contributed by atoms with Gasteiger partial charge >= 0.3 is 0 Å². The highest BCUT2D eigenvalue weighted by Gasteiger charge is 2.09. The molecule has 0 saturated carbocycles. The van der Waals surface area contributed by atoms with E-state index < -0.39 is 6.43 Å². The Kier molecular flexibility index (Phi) is 6.69. The maximum atomic E-state index is 12.4. The molecule has 0 radical (unpaired) electrons. The van der Waals surface area contributed by atoms with Crippen LogP contribution in [0.25, 0.3) is 0 Å². The number of benzene rings is 1. The second kappa shape index (κ2) is 8.75. The van der Waals surface area contributed by atoms with Gasteiger partial charge in [-0.3, -0.25) is 4.79 Å². The van der Waals surface area contributed by atoms with Crippen molar-refractivity contribution in [2.75, 3.05) is 18.4 Å². The largest absolute Gasteiger partial charge is 0.354 e. The van der Waals surface area contributed by atoms with E-state index in [-0.39, 0.29) is 21.6 Å². The fourth-order valence-electron chi connectivity index (χ4n) is 1.80. The van der Waals surface area contributed by atoms with E-state index in [4.69, 9.17) is 23.2 Å². The first-order valence-electron chi connectivity index (χ1n) is 7.05. The highest BCUT2D eigenvalue weighted by atomic mass is 35.5. The first-order chi connectivity index (χ1) is 11.5. The van der Waals surface area contributed by atoms with Crippen molar-refractivity contribution < 1.29 is 13.6 Å². The average molecular weight is 375 g/mol. The van der Waals surface area contributed by atoms with Crippen LogP contribution in [0.5, 0.6) is 0 Å². The van der Waals surface area contributed by atoms with Crippen LogP contribution in [0.15, 0.2) is 30.5 Å². The van der Waals surface area contributed by atoms with Gasteiger partial charge in [0, 0.05) is 24.2 Å². The molecule has 0 aliphatic rings.